The van der Waals surface area contributed by atoms with Crippen molar-refractivity contribution in [2.75, 3.05) is 5.32 Å². The number of benzene rings is 1. The number of aromatic nitrogens is 2. The van der Waals surface area contributed by atoms with Crippen LogP contribution in [0.15, 0.2) is 30.3 Å². The molecule has 0 unspecified atom stereocenters. The number of rotatable bonds is 5. The third kappa shape index (κ3) is 3.41. The van der Waals surface area contributed by atoms with Gasteiger partial charge in [-0.05, 0) is 44.0 Å². The number of anilines is 1. The minimum absolute atomic E-state index is 0.222. The molecule has 1 heterocycles. The van der Waals surface area contributed by atoms with Gasteiger partial charge >= 0.3 is 5.97 Å². The number of aliphatic carboxylic acids is 1. The van der Waals surface area contributed by atoms with Gasteiger partial charge in [0.2, 0.25) is 5.91 Å². The minimum atomic E-state index is -0.900. The second kappa shape index (κ2) is 5.87. The lowest BCUT2D eigenvalue weighted by Gasteiger charge is -2.08. The molecular weight excluding hydrogens is 294 g/mol. The standard InChI is InChI=1S/C17H19N3O3/c1-10-6-11(2)20(19-10)9-12-4-3-5-13(7-12)18-16(21)14-8-15(14)17(22)23/h3-7,14-15H,8-9H2,1-2H3,(H,18,21)(H,22,23)/t14-,15-/m1/s1. The summed E-state index contributed by atoms with van der Waals surface area (Å²) in [5.74, 6) is -2.07. The predicted molar refractivity (Wildman–Crippen MR) is 85.1 cm³/mol. The topological polar surface area (TPSA) is 84.2 Å². The fraction of sp³-hybridized carbons (Fsp3) is 0.353. The number of carboxylic acid groups (broad SMARTS) is 1. The van der Waals surface area contributed by atoms with Crippen LogP contribution in [-0.2, 0) is 16.1 Å². The summed E-state index contributed by atoms with van der Waals surface area (Å²) < 4.78 is 1.91. The number of nitrogens with one attached hydrogen (secondary N) is 1. The largest absolute Gasteiger partial charge is 0.481 e. The summed E-state index contributed by atoms with van der Waals surface area (Å²) in [5.41, 5.74) is 3.77. The molecule has 6 nitrogen and oxygen atoms in total. The smallest absolute Gasteiger partial charge is 0.307 e. The van der Waals surface area contributed by atoms with E-state index in [1.165, 1.54) is 0 Å². The zero-order valence-electron chi connectivity index (χ0n) is 13.1. The highest BCUT2D eigenvalue weighted by atomic mass is 16.4. The molecule has 2 aromatic rings. The van der Waals surface area contributed by atoms with Gasteiger partial charge in [0.15, 0.2) is 0 Å². The maximum absolute atomic E-state index is 12.0. The molecule has 1 aliphatic rings. The number of hydrogen-bond donors (Lipinski definition) is 2. The van der Waals surface area contributed by atoms with Crippen molar-refractivity contribution in [2.45, 2.75) is 26.8 Å². The first-order valence-corrected chi connectivity index (χ1v) is 7.57. The van der Waals surface area contributed by atoms with Gasteiger partial charge in [-0.3, -0.25) is 14.3 Å². The summed E-state index contributed by atoms with van der Waals surface area (Å²) in [6, 6.07) is 9.57. The van der Waals surface area contributed by atoms with Crippen molar-refractivity contribution in [3.63, 3.8) is 0 Å². The molecule has 1 aromatic heterocycles. The zero-order chi connectivity index (χ0) is 16.6. The molecule has 1 amide bonds. The molecule has 1 aromatic carbocycles. The number of carbonyl (C=O) groups is 2. The van der Waals surface area contributed by atoms with Crippen LogP contribution in [-0.4, -0.2) is 26.8 Å². The molecular formula is C17H19N3O3. The van der Waals surface area contributed by atoms with Gasteiger partial charge in [-0.2, -0.15) is 5.10 Å². The molecule has 2 atom stereocenters. The third-order valence-electron chi connectivity index (χ3n) is 4.07. The molecule has 6 heteroatoms. The Morgan fingerprint density at radius 3 is 2.70 bits per heavy atom. The molecule has 2 N–H and O–H groups in total. The van der Waals surface area contributed by atoms with Gasteiger partial charge in [-0.1, -0.05) is 12.1 Å². The van der Waals surface area contributed by atoms with Crippen molar-refractivity contribution in [3.05, 3.63) is 47.3 Å². The van der Waals surface area contributed by atoms with Gasteiger partial charge in [0.1, 0.15) is 0 Å². The van der Waals surface area contributed by atoms with Crippen LogP contribution in [0, 0.1) is 25.7 Å². The summed E-state index contributed by atoms with van der Waals surface area (Å²) in [4.78, 5) is 22.9. The molecule has 1 saturated carbocycles. The number of nitrogens with zero attached hydrogens (tertiary/aromatic N) is 2. The highest BCUT2D eigenvalue weighted by Crippen LogP contribution is 2.39. The van der Waals surface area contributed by atoms with Gasteiger partial charge in [-0.15, -0.1) is 0 Å². The molecule has 0 aliphatic heterocycles. The van der Waals surface area contributed by atoms with Crippen molar-refractivity contribution in [1.29, 1.82) is 0 Å². The van der Waals surface area contributed by atoms with Gasteiger partial charge in [0.05, 0.1) is 24.1 Å². The van der Waals surface area contributed by atoms with Crippen LogP contribution in [0.25, 0.3) is 0 Å². The first-order valence-electron chi connectivity index (χ1n) is 7.57. The highest BCUT2D eigenvalue weighted by Gasteiger charge is 2.48. The van der Waals surface area contributed by atoms with E-state index in [0.29, 0.717) is 18.7 Å². The summed E-state index contributed by atoms with van der Waals surface area (Å²) in [6.45, 7) is 4.59. The predicted octanol–water partition coefficient (Wildman–Crippen LogP) is 2.21. The van der Waals surface area contributed by atoms with Crippen LogP contribution < -0.4 is 5.32 Å². The van der Waals surface area contributed by atoms with Crippen molar-refractivity contribution in [2.24, 2.45) is 11.8 Å². The first kappa shape index (κ1) is 15.3. The maximum Gasteiger partial charge on any atom is 0.307 e. The Bertz CT molecular complexity index is 766. The Morgan fingerprint density at radius 2 is 2.09 bits per heavy atom. The number of amides is 1. The van der Waals surface area contributed by atoms with E-state index in [4.69, 9.17) is 5.11 Å². The highest BCUT2D eigenvalue weighted by molar-refractivity contribution is 5.98. The van der Waals surface area contributed by atoms with Crippen LogP contribution in [0.2, 0.25) is 0 Å². The third-order valence-corrected chi connectivity index (χ3v) is 4.07. The van der Waals surface area contributed by atoms with Crippen LogP contribution in [0.3, 0.4) is 0 Å². The number of carboxylic acids is 1. The van der Waals surface area contributed by atoms with Gasteiger partial charge in [0.25, 0.3) is 0 Å². The Kier molecular flexibility index (Phi) is 3.90. The summed E-state index contributed by atoms with van der Waals surface area (Å²) >= 11 is 0. The Labute approximate surface area is 134 Å². The molecule has 0 bridgehead atoms. The Morgan fingerprint density at radius 1 is 1.30 bits per heavy atom. The van der Waals surface area contributed by atoms with Gasteiger partial charge in [0, 0.05) is 11.4 Å². The van der Waals surface area contributed by atoms with E-state index in [1.54, 1.807) is 6.07 Å². The summed E-state index contributed by atoms with van der Waals surface area (Å²) in [6.07, 6.45) is 0.423. The van der Waals surface area contributed by atoms with Crippen LogP contribution in [0.1, 0.15) is 23.4 Å². The lowest BCUT2D eigenvalue weighted by atomic mass is 10.2. The van der Waals surface area contributed by atoms with E-state index in [-0.39, 0.29) is 5.91 Å². The van der Waals surface area contributed by atoms with Crippen molar-refractivity contribution in [1.82, 2.24) is 9.78 Å². The average Bonchev–Trinajstić information content (AvgIpc) is 3.22. The fourth-order valence-electron chi connectivity index (χ4n) is 2.75. The van der Waals surface area contributed by atoms with E-state index < -0.39 is 17.8 Å². The van der Waals surface area contributed by atoms with E-state index >= 15 is 0 Å². The van der Waals surface area contributed by atoms with Crippen molar-refractivity contribution >= 4 is 17.6 Å². The molecule has 3 rings (SSSR count). The molecule has 23 heavy (non-hydrogen) atoms. The van der Waals surface area contributed by atoms with Gasteiger partial charge < -0.3 is 10.4 Å². The molecule has 1 fully saturated rings. The molecule has 0 saturated heterocycles. The number of carbonyl (C=O) groups excluding carboxylic acids is 1. The second-order valence-corrected chi connectivity index (χ2v) is 6.06. The minimum Gasteiger partial charge on any atom is -0.481 e. The van der Waals surface area contributed by atoms with Crippen molar-refractivity contribution < 1.29 is 14.7 Å². The van der Waals surface area contributed by atoms with Crippen LogP contribution in [0.4, 0.5) is 5.69 Å². The van der Waals surface area contributed by atoms with E-state index in [9.17, 15) is 9.59 Å². The quantitative estimate of drug-likeness (QED) is 0.886. The number of hydrogen-bond acceptors (Lipinski definition) is 3. The SMILES string of the molecule is Cc1cc(C)n(Cc2cccc(NC(=O)[C@@H]3C[C@H]3C(=O)O)c2)n1. The average molecular weight is 313 g/mol. The van der Waals surface area contributed by atoms with Crippen LogP contribution >= 0.6 is 0 Å². The zero-order valence-corrected chi connectivity index (χ0v) is 13.1. The van der Waals surface area contributed by atoms with E-state index in [2.05, 4.69) is 10.4 Å². The van der Waals surface area contributed by atoms with E-state index in [0.717, 1.165) is 17.0 Å². The summed E-state index contributed by atoms with van der Waals surface area (Å²) in [7, 11) is 0. The van der Waals surface area contributed by atoms with Gasteiger partial charge in [-0.25, -0.2) is 0 Å². The normalized spacial score (nSPS) is 19.4. The Balaban J connectivity index is 1.67. The molecule has 0 radical (unpaired) electrons. The summed E-state index contributed by atoms with van der Waals surface area (Å²) in [5, 5.41) is 16.1. The molecule has 120 valence electrons. The van der Waals surface area contributed by atoms with E-state index in [1.807, 2.05) is 42.8 Å². The second-order valence-electron chi connectivity index (χ2n) is 6.06. The first-order chi connectivity index (χ1) is 10.9. The Hall–Kier alpha value is -2.63. The lowest BCUT2D eigenvalue weighted by Crippen LogP contribution is -2.17. The maximum atomic E-state index is 12.0. The monoisotopic (exact) mass is 313 g/mol. The molecule has 1 aliphatic carbocycles. The van der Waals surface area contributed by atoms with Crippen LogP contribution in [0.5, 0.6) is 0 Å². The fourth-order valence-corrected chi connectivity index (χ4v) is 2.75. The van der Waals surface area contributed by atoms with Crippen molar-refractivity contribution in [3.8, 4) is 0 Å². The molecule has 0 spiro atoms. The number of aryl methyl sites for hydroxylation is 2. The lowest BCUT2D eigenvalue weighted by molar-refractivity contribution is -0.139.